The molecule has 35 heavy (non-hydrogen) atoms. The van der Waals surface area contributed by atoms with Crippen molar-refractivity contribution in [1.29, 1.82) is 0 Å². The molecular formula is C27H30FN3O3S. The van der Waals surface area contributed by atoms with Gasteiger partial charge in [-0.3, -0.25) is 4.79 Å². The molecule has 3 aromatic carbocycles. The predicted molar refractivity (Wildman–Crippen MR) is 137 cm³/mol. The van der Waals surface area contributed by atoms with Crippen LogP contribution < -0.4 is 10.2 Å². The molecule has 184 valence electrons. The lowest BCUT2D eigenvalue weighted by atomic mass is 10.1. The highest BCUT2D eigenvalue weighted by atomic mass is 32.2. The minimum Gasteiger partial charge on any atom is -0.369 e. The van der Waals surface area contributed by atoms with Gasteiger partial charge in [-0.25, -0.2) is 12.8 Å². The summed E-state index contributed by atoms with van der Waals surface area (Å²) in [6.07, 6.45) is 0. The van der Waals surface area contributed by atoms with Gasteiger partial charge in [-0.2, -0.15) is 4.31 Å². The number of hydrogen-bond donors (Lipinski definition) is 1. The SMILES string of the molecule is Cc1ccc(C)c(NC(=O)c2cc(S(=O)(=O)N3CCN(c4cccc(C)c4C)CC3)ccc2F)c1. The van der Waals surface area contributed by atoms with Gasteiger partial charge in [0.1, 0.15) is 5.82 Å². The van der Waals surface area contributed by atoms with Gasteiger partial charge in [0, 0.05) is 37.6 Å². The van der Waals surface area contributed by atoms with E-state index >= 15 is 0 Å². The average molecular weight is 496 g/mol. The van der Waals surface area contributed by atoms with Crippen molar-refractivity contribution in [2.45, 2.75) is 32.6 Å². The number of carbonyl (C=O) groups excluding carboxylic acids is 1. The molecule has 1 heterocycles. The van der Waals surface area contributed by atoms with Crippen molar-refractivity contribution in [3.05, 3.63) is 88.2 Å². The van der Waals surface area contributed by atoms with Crippen LogP contribution in [0.25, 0.3) is 0 Å². The molecule has 1 amide bonds. The summed E-state index contributed by atoms with van der Waals surface area (Å²) in [4.78, 5) is 14.9. The average Bonchev–Trinajstić information content (AvgIpc) is 2.83. The number of nitrogens with one attached hydrogen (secondary N) is 1. The molecule has 1 fully saturated rings. The highest BCUT2D eigenvalue weighted by Crippen LogP contribution is 2.27. The first-order valence-electron chi connectivity index (χ1n) is 11.6. The van der Waals surface area contributed by atoms with E-state index in [2.05, 4.69) is 30.1 Å². The first-order chi connectivity index (χ1) is 16.6. The summed E-state index contributed by atoms with van der Waals surface area (Å²) in [5.41, 5.74) is 5.51. The summed E-state index contributed by atoms with van der Waals surface area (Å²) in [5.74, 6) is -1.46. The molecule has 0 aliphatic carbocycles. The van der Waals surface area contributed by atoms with Crippen LogP contribution in [0.15, 0.2) is 59.5 Å². The van der Waals surface area contributed by atoms with E-state index in [1.54, 1.807) is 6.07 Å². The van der Waals surface area contributed by atoms with Crippen LogP contribution in [-0.4, -0.2) is 44.8 Å². The highest BCUT2D eigenvalue weighted by molar-refractivity contribution is 7.89. The Labute approximate surface area is 206 Å². The third-order valence-electron chi connectivity index (χ3n) is 6.62. The zero-order valence-corrected chi connectivity index (χ0v) is 21.2. The van der Waals surface area contributed by atoms with Crippen molar-refractivity contribution in [1.82, 2.24) is 4.31 Å². The molecule has 0 unspecified atom stereocenters. The quantitative estimate of drug-likeness (QED) is 0.551. The zero-order chi connectivity index (χ0) is 25.3. The Morgan fingerprint density at radius 3 is 2.31 bits per heavy atom. The standard InChI is InChI=1S/C27H30FN3O3S/c1-18-8-9-20(3)25(16-18)29-27(32)23-17-22(10-11-24(23)28)35(33,34)31-14-12-30(13-15-31)26-7-5-6-19(2)21(26)4/h5-11,16-17H,12-15H2,1-4H3,(H,29,32). The number of rotatable bonds is 5. The maximum Gasteiger partial charge on any atom is 0.258 e. The summed E-state index contributed by atoms with van der Waals surface area (Å²) < 4.78 is 42.7. The number of halogens is 1. The van der Waals surface area contributed by atoms with Gasteiger partial charge in [0.15, 0.2) is 0 Å². The Morgan fingerprint density at radius 1 is 0.886 bits per heavy atom. The van der Waals surface area contributed by atoms with Crippen molar-refractivity contribution in [3.63, 3.8) is 0 Å². The van der Waals surface area contributed by atoms with Crippen molar-refractivity contribution in [2.75, 3.05) is 36.4 Å². The fraction of sp³-hybridized carbons (Fsp3) is 0.296. The van der Waals surface area contributed by atoms with E-state index in [1.807, 2.05) is 38.1 Å². The van der Waals surface area contributed by atoms with Gasteiger partial charge in [0.25, 0.3) is 5.91 Å². The molecule has 0 saturated carbocycles. The van der Waals surface area contributed by atoms with E-state index in [0.717, 1.165) is 28.9 Å². The molecule has 0 spiro atoms. The highest BCUT2D eigenvalue weighted by Gasteiger charge is 2.30. The number of amides is 1. The number of carbonyl (C=O) groups is 1. The fourth-order valence-electron chi connectivity index (χ4n) is 4.30. The number of hydrogen-bond acceptors (Lipinski definition) is 4. The maximum absolute atomic E-state index is 14.6. The Morgan fingerprint density at radius 2 is 1.60 bits per heavy atom. The van der Waals surface area contributed by atoms with Gasteiger partial charge in [0.2, 0.25) is 10.0 Å². The van der Waals surface area contributed by atoms with E-state index in [0.29, 0.717) is 31.9 Å². The smallest absolute Gasteiger partial charge is 0.258 e. The molecule has 1 N–H and O–H groups in total. The maximum atomic E-state index is 14.6. The molecule has 3 aromatic rings. The third-order valence-corrected chi connectivity index (χ3v) is 8.51. The third kappa shape index (κ3) is 5.09. The van der Waals surface area contributed by atoms with Crippen LogP contribution in [0.4, 0.5) is 15.8 Å². The largest absolute Gasteiger partial charge is 0.369 e. The minimum atomic E-state index is -3.89. The lowest BCUT2D eigenvalue weighted by Gasteiger charge is -2.36. The monoisotopic (exact) mass is 495 g/mol. The molecule has 0 aromatic heterocycles. The van der Waals surface area contributed by atoms with Gasteiger partial charge in [-0.05, 0) is 80.3 Å². The van der Waals surface area contributed by atoms with Crippen LogP contribution in [0.5, 0.6) is 0 Å². The van der Waals surface area contributed by atoms with Crippen molar-refractivity contribution in [2.24, 2.45) is 0 Å². The summed E-state index contributed by atoms with van der Waals surface area (Å²) in [6.45, 7) is 9.55. The number of sulfonamides is 1. The number of aryl methyl sites for hydroxylation is 3. The van der Waals surface area contributed by atoms with Crippen LogP contribution in [0, 0.1) is 33.5 Å². The van der Waals surface area contributed by atoms with Gasteiger partial charge in [-0.1, -0.05) is 24.3 Å². The Hall–Kier alpha value is -3.23. The second kappa shape index (κ2) is 9.79. The van der Waals surface area contributed by atoms with Crippen LogP contribution in [-0.2, 0) is 10.0 Å². The summed E-state index contributed by atoms with van der Waals surface area (Å²) in [7, 11) is -3.89. The van der Waals surface area contributed by atoms with E-state index < -0.39 is 21.7 Å². The van der Waals surface area contributed by atoms with E-state index in [-0.39, 0.29) is 10.5 Å². The molecule has 0 radical (unpaired) electrons. The minimum absolute atomic E-state index is 0.0924. The molecular weight excluding hydrogens is 465 g/mol. The normalized spacial score (nSPS) is 14.7. The van der Waals surface area contributed by atoms with Crippen LogP contribution in [0.3, 0.4) is 0 Å². The molecule has 1 saturated heterocycles. The lowest BCUT2D eigenvalue weighted by molar-refractivity contribution is 0.102. The van der Waals surface area contributed by atoms with E-state index in [4.69, 9.17) is 0 Å². The second-order valence-corrected chi connectivity index (χ2v) is 11.0. The first-order valence-corrected chi connectivity index (χ1v) is 13.0. The summed E-state index contributed by atoms with van der Waals surface area (Å²) >= 11 is 0. The summed E-state index contributed by atoms with van der Waals surface area (Å²) in [5, 5.41) is 2.71. The lowest BCUT2D eigenvalue weighted by Crippen LogP contribution is -2.48. The Balaban J connectivity index is 1.53. The van der Waals surface area contributed by atoms with Crippen LogP contribution >= 0.6 is 0 Å². The molecule has 8 heteroatoms. The molecule has 4 rings (SSSR count). The van der Waals surface area contributed by atoms with Crippen LogP contribution in [0.1, 0.15) is 32.6 Å². The molecule has 0 atom stereocenters. The number of benzene rings is 3. The van der Waals surface area contributed by atoms with Gasteiger partial charge >= 0.3 is 0 Å². The molecule has 0 bridgehead atoms. The number of anilines is 2. The number of nitrogens with zero attached hydrogens (tertiary/aromatic N) is 2. The first kappa shape index (κ1) is 24.9. The zero-order valence-electron chi connectivity index (χ0n) is 20.4. The summed E-state index contributed by atoms with van der Waals surface area (Å²) in [6, 6.07) is 15.1. The second-order valence-electron chi connectivity index (χ2n) is 9.02. The Bertz CT molecular complexity index is 1380. The number of piperazine rings is 1. The predicted octanol–water partition coefficient (Wildman–Crippen LogP) is 4.82. The van der Waals surface area contributed by atoms with Crippen molar-refractivity contribution in [3.8, 4) is 0 Å². The van der Waals surface area contributed by atoms with E-state index in [1.165, 1.54) is 21.5 Å². The van der Waals surface area contributed by atoms with Crippen molar-refractivity contribution < 1.29 is 17.6 Å². The van der Waals surface area contributed by atoms with Crippen molar-refractivity contribution >= 4 is 27.3 Å². The topological polar surface area (TPSA) is 69.7 Å². The molecule has 1 aliphatic rings. The fourth-order valence-corrected chi connectivity index (χ4v) is 5.74. The van der Waals surface area contributed by atoms with Gasteiger partial charge < -0.3 is 10.2 Å². The van der Waals surface area contributed by atoms with Gasteiger partial charge in [-0.15, -0.1) is 0 Å². The van der Waals surface area contributed by atoms with Gasteiger partial charge in [0.05, 0.1) is 10.5 Å². The molecule has 6 nitrogen and oxygen atoms in total. The Kier molecular flexibility index (Phi) is 6.96. The molecule has 1 aliphatic heterocycles. The van der Waals surface area contributed by atoms with E-state index in [9.17, 15) is 17.6 Å². The van der Waals surface area contributed by atoms with Crippen LogP contribution in [0.2, 0.25) is 0 Å².